The van der Waals surface area contributed by atoms with Gasteiger partial charge in [0.1, 0.15) is 0 Å². The third kappa shape index (κ3) is 6.50. The molecule has 4 nitrogen and oxygen atoms in total. The summed E-state index contributed by atoms with van der Waals surface area (Å²) < 4.78 is 183. The molecule has 4 N–H and O–H groups in total. The Morgan fingerprint density at radius 2 is 1.14 bits per heavy atom. The molecule has 17 heteroatoms. The lowest BCUT2D eigenvalue weighted by Gasteiger charge is -2.36. The van der Waals surface area contributed by atoms with E-state index in [2.05, 4.69) is 0 Å². The van der Waals surface area contributed by atoms with Crippen LogP contribution in [0, 0.1) is 0 Å². The summed E-state index contributed by atoms with van der Waals surface area (Å²) in [6.45, 7) is 0. The Kier molecular flexibility index (Phi) is 9.85. The maximum absolute atomic E-state index is 13.4. The van der Waals surface area contributed by atoms with Crippen molar-refractivity contribution in [2.75, 3.05) is 0 Å². The molecule has 0 rings (SSSR count). The van der Waals surface area contributed by atoms with E-state index in [1.54, 1.807) is 0 Å². The fraction of sp³-hybridized carbons (Fsp3) is 1.00. The van der Waals surface area contributed by atoms with Crippen LogP contribution in [0.25, 0.3) is 0 Å². The van der Waals surface area contributed by atoms with Gasteiger partial charge in [-0.15, -0.1) is 0 Å². The molecule has 29 heavy (non-hydrogen) atoms. The molecule has 0 heterocycles. The highest BCUT2D eigenvalue weighted by Gasteiger charge is 2.85. The number of rotatable bonds is 11. The van der Waals surface area contributed by atoms with Crippen LogP contribution in [0.1, 0.15) is 38.5 Å². The van der Waals surface area contributed by atoms with Crippen molar-refractivity contribution in [2.24, 2.45) is 0 Å². The van der Waals surface area contributed by atoms with Crippen LogP contribution in [-0.2, 0) is 10.1 Å². The number of halogens is 12. The van der Waals surface area contributed by atoms with E-state index < -0.39 is 77.6 Å². The minimum absolute atomic E-state index is 0. The lowest BCUT2D eigenvalue weighted by molar-refractivity contribution is -0.359. The van der Waals surface area contributed by atoms with E-state index in [1.165, 1.54) is 0 Å². The molecule has 0 aromatic heterocycles. The maximum Gasteiger partial charge on any atom is 0.438 e. The van der Waals surface area contributed by atoms with Gasteiger partial charge in [-0.05, 0) is 12.8 Å². The highest BCUT2D eigenvalue weighted by atomic mass is 32.2. The van der Waals surface area contributed by atoms with Gasteiger partial charge >= 0.3 is 39.3 Å². The Labute approximate surface area is 157 Å². The zero-order chi connectivity index (χ0) is 22.8. The molecule has 0 aliphatic carbocycles. The molecular formula is C12H17F12NO3S. The van der Waals surface area contributed by atoms with Crippen molar-refractivity contribution >= 4 is 10.1 Å². The van der Waals surface area contributed by atoms with Crippen molar-refractivity contribution in [3.63, 3.8) is 0 Å². The van der Waals surface area contributed by atoms with Gasteiger partial charge < -0.3 is 6.15 Å². The first-order valence-corrected chi connectivity index (χ1v) is 8.76. The number of hydrogen-bond acceptors (Lipinski definition) is 3. The van der Waals surface area contributed by atoms with Gasteiger partial charge in [-0.3, -0.25) is 4.55 Å². The fourth-order valence-electron chi connectivity index (χ4n) is 1.93. The van der Waals surface area contributed by atoms with Gasteiger partial charge in [-0.25, -0.2) is 4.39 Å². The van der Waals surface area contributed by atoms with Crippen LogP contribution < -0.4 is 6.15 Å². The van der Waals surface area contributed by atoms with Crippen LogP contribution >= 0.6 is 0 Å². The highest BCUT2D eigenvalue weighted by molar-refractivity contribution is 7.87. The van der Waals surface area contributed by atoms with Gasteiger partial charge in [-0.2, -0.15) is 56.7 Å². The van der Waals surface area contributed by atoms with Crippen molar-refractivity contribution < 1.29 is 65.7 Å². The van der Waals surface area contributed by atoms with Crippen molar-refractivity contribution in [1.29, 1.82) is 0 Å². The van der Waals surface area contributed by atoms with Crippen molar-refractivity contribution in [3.05, 3.63) is 0 Å². The summed E-state index contributed by atoms with van der Waals surface area (Å²) in [5.74, 6) is -21.1. The Hall–Kier alpha value is -0.970. The average Bonchev–Trinajstić information content (AvgIpc) is 2.47. The van der Waals surface area contributed by atoms with Gasteiger partial charge in [0.25, 0.3) is 0 Å². The Morgan fingerprint density at radius 1 is 0.724 bits per heavy atom. The standard InChI is InChI=1S/C12H14F12O3S.H3N/c13-7(5-3-1-2-4-6-8(14,15)16)9(17,18)10(19,20)11(21,22)12(23,24)28(25,26)27;/h7H,1-6H2,(H,25,26,27);1H3. The van der Waals surface area contributed by atoms with Gasteiger partial charge in [0, 0.05) is 6.42 Å². The van der Waals surface area contributed by atoms with Crippen molar-refractivity contribution in [3.8, 4) is 0 Å². The molecule has 178 valence electrons. The zero-order valence-corrected chi connectivity index (χ0v) is 15.1. The number of unbranched alkanes of at least 4 members (excludes halogenated alkanes) is 3. The summed E-state index contributed by atoms with van der Waals surface area (Å²) in [6.07, 6.45) is -13.5. The first-order valence-electron chi connectivity index (χ1n) is 7.32. The molecule has 0 aromatic carbocycles. The normalized spacial score (nSPS) is 15.8. The highest BCUT2D eigenvalue weighted by Crippen LogP contribution is 2.55. The second kappa shape index (κ2) is 9.45. The zero-order valence-electron chi connectivity index (χ0n) is 14.2. The minimum atomic E-state index is -7.39. The van der Waals surface area contributed by atoms with Crippen LogP contribution in [0.3, 0.4) is 0 Å². The predicted octanol–water partition coefficient (Wildman–Crippen LogP) is 5.78. The van der Waals surface area contributed by atoms with E-state index in [4.69, 9.17) is 4.55 Å². The molecule has 0 saturated carbocycles. The van der Waals surface area contributed by atoms with E-state index in [0.717, 1.165) is 0 Å². The molecule has 0 aliphatic rings. The Morgan fingerprint density at radius 3 is 1.52 bits per heavy atom. The lowest BCUT2D eigenvalue weighted by atomic mass is 9.96. The summed E-state index contributed by atoms with van der Waals surface area (Å²) in [5, 5.41) is -7.07. The molecule has 0 aliphatic heterocycles. The van der Waals surface area contributed by atoms with E-state index in [0.29, 0.717) is 0 Å². The van der Waals surface area contributed by atoms with E-state index >= 15 is 0 Å². The van der Waals surface area contributed by atoms with E-state index in [1.807, 2.05) is 0 Å². The molecule has 0 spiro atoms. The number of alkyl halides is 12. The van der Waals surface area contributed by atoms with Crippen LogP contribution in [0.4, 0.5) is 52.7 Å². The van der Waals surface area contributed by atoms with Gasteiger partial charge in [0.2, 0.25) is 0 Å². The second-order valence-corrected chi connectivity index (χ2v) is 7.26. The summed E-state index contributed by atoms with van der Waals surface area (Å²) in [5.41, 5.74) is 0. The molecule has 0 fully saturated rings. The van der Waals surface area contributed by atoms with Crippen LogP contribution in [0.2, 0.25) is 0 Å². The lowest BCUT2D eigenvalue weighted by Crippen LogP contribution is -2.66. The summed E-state index contributed by atoms with van der Waals surface area (Å²) in [4.78, 5) is 0. The summed E-state index contributed by atoms with van der Waals surface area (Å²) in [7, 11) is -7.28. The quantitative estimate of drug-likeness (QED) is 0.222. The minimum Gasteiger partial charge on any atom is -0.344 e. The van der Waals surface area contributed by atoms with Crippen LogP contribution in [0.5, 0.6) is 0 Å². The van der Waals surface area contributed by atoms with Crippen LogP contribution in [0.15, 0.2) is 0 Å². The fourth-order valence-corrected chi connectivity index (χ4v) is 2.39. The third-order valence-electron chi connectivity index (χ3n) is 3.56. The van der Waals surface area contributed by atoms with Gasteiger partial charge in [0.05, 0.1) is 0 Å². The van der Waals surface area contributed by atoms with Crippen molar-refractivity contribution in [2.45, 2.75) is 73.9 Å². The Bertz CT molecular complexity index is 620. The molecule has 0 bridgehead atoms. The largest absolute Gasteiger partial charge is 0.438 e. The van der Waals surface area contributed by atoms with Crippen molar-refractivity contribution in [1.82, 2.24) is 6.15 Å². The molecular weight excluding hydrogens is 466 g/mol. The molecule has 0 amide bonds. The monoisotopic (exact) mass is 483 g/mol. The topological polar surface area (TPSA) is 89.4 Å². The van der Waals surface area contributed by atoms with E-state index in [-0.39, 0.29) is 12.6 Å². The summed E-state index contributed by atoms with van der Waals surface area (Å²) >= 11 is 0. The smallest absolute Gasteiger partial charge is 0.344 e. The molecule has 0 aromatic rings. The van der Waals surface area contributed by atoms with Crippen LogP contribution in [-0.4, -0.2) is 48.3 Å². The Balaban J connectivity index is 0. The second-order valence-electron chi connectivity index (χ2n) is 5.80. The number of hydrogen-bond donors (Lipinski definition) is 2. The maximum atomic E-state index is 13.4. The predicted molar refractivity (Wildman–Crippen MR) is 75.0 cm³/mol. The molecule has 0 saturated heterocycles. The average molecular weight is 483 g/mol. The molecule has 0 radical (unpaired) electrons. The first kappa shape index (κ1) is 30.2. The SMILES string of the molecule is N.O=S(=O)(O)C(F)(F)C(F)(F)C(F)(F)C(F)(F)C(F)CCCCCCC(F)(F)F. The van der Waals surface area contributed by atoms with Gasteiger partial charge in [-0.1, -0.05) is 19.3 Å². The van der Waals surface area contributed by atoms with Gasteiger partial charge in [0.15, 0.2) is 6.17 Å². The van der Waals surface area contributed by atoms with E-state index in [9.17, 15) is 61.1 Å². The third-order valence-corrected chi connectivity index (χ3v) is 4.47. The molecule has 1 unspecified atom stereocenters. The molecule has 1 atom stereocenters. The first-order chi connectivity index (χ1) is 12.1. The summed E-state index contributed by atoms with van der Waals surface area (Å²) in [6, 6.07) is 0.